The first-order chi connectivity index (χ1) is 15.8. The standard InChI is InChI=1S/C27H35F2N.C2H3N/c1-21(2)30(20-22-10-4-3-5-11-22)19-7-12-23-24(26(28)15-8-16-26)13-6-14-25(23)27(29)17-9-18-27;1-2-3/h3-6,10-11,13-14,21H,7-9,12,15-20H2,1-2H3;1H3. The van der Waals surface area contributed by atoms with Crippen molar-refractivity contribution in [3.05, 3.63) is 70.8 Å². The van der Waals surface area contributed by atoms with Gasteiger partial charge in [-0.1, -0.05) is 48.5 Å². The van der Waals surface area contributed by atoms with E-state index in [1.165, 1.54) is 12.5 Å². The minimum atomic E-state index is -1.24. The summed E-state index contributed by atoms with van der Waals surface area (Å²) in [6.07, 6.45) is 5.84. The lowest BCUT2D eigenvalue weighted by Gasteiger charge is -2.40. The molecule has 4 rings (SSSR count). The summed E-state index contributed by atoms with van der Waals surface area (Å²) >= 11 is 0. The SMILES string of the molecule is CC#N.CC(C)N(CCCc1c(C2(F)CCC2)cccc1C1(F)CCC1)Cc1ccccc1. The van der Waals surface area contributed by atoms with E-state index in [4.69, 9.17) is 5.26 Å². The molecule has 0 heterocycles. The van der Waals surface area contributed by atoms with Gasteiger partial charge in [-0.05, 0) is 94.0 Å². The van der Waals surface area contributed by atoms with Gasteiger partial charge >= 0.3 is 0 Å². The Balaban J connectivity index is 0.000000968. The summed E-state index contributed by atoms with van der Waals surface area (Å²) in [4.78, 5) is 2.46. The molecule has 2 fully saturated rings. The molecule has 0 aliphatic heterocycles. The maximum absolute atomic E-state index is 15.5. The van der Waals surface area contributed by atoms with E-state index < -0.39 is 11.3 Å². The van der Waals surface area contributed by atoms with Crippen LogP contribution in [0.5, 0.6) is 0 Å². The van der Waals surface area contributed by atoms with Gasteiger partial charge in [-0.25, -0.2) is 8.78 Å². The van der Waals surface area contributed by atoms with Crippen molar-refractivity contribution in [1.82, 2.24) is 4.90 Å². The summed E-state index contributed by atoms with van der Waals surface area (Å²) in [5, 5.41) is 7.32. The highest BCUT2D eigenvalue weighted by Gasteiger charge is 2.45. The van der Waals surface area contributed by atoms with Gasteiger partial charge in [0.05, 0.1) is 6.07 Å². The van der Waals surface area contributed by atoms with Crippen LogP contribution in [0, 0.1) is 11.3 Å². The Morgan fingerprint density at radius 1 is 0.909 bits per heavy atom. The van der Waals surface area contributed by atoms with Crippen LogP contribution in [-0.2, 0) is 24.3 Å². The van der Waals surface area contributed by atoms with Crippen LogP contribution in [0.4, 0.5) is 8.78 Å². The Labute approximate surface area is 198 Å². The normalized spacial score (nSPS) is 18.0. The van der Waals surface area contributed by atoms with E-state index in [-0.39, 0.29) is 0 Å². The topological polar surface area (TPSA) is 27.0 Å². The van der Waals surface area contributed by atoms with Gasteiger partial charge in [0.15, 0.2) is 0 Å². The molecular formula is C29H38F2N2. The number of nitriles is 1. The fourth-order valence-electron chi connectivity index (χ4n) is 5.01. The third-order valence-corrected chi connectivity index (χ3v) is 7.26. The molecule has 2 aliphatic rings. The fraction of sp³-hybridized carbons (Fsp3) is 0.552. The van der Waals surface area contributed by atoms with Gasteiger partial charge in [0.25, 0.3) is 0 Å². The maximum atomic E-state index is 15.5. The van der Waals surface area contributed by atoms with Crippen molar-refractivity contribution in [2.24, 2.45) is 0 Å². The van der Waals surface area contributed by atoms with Gasteiger partial charge in [-0.2, -0.15) is 5.26 Å². The van der Waals surface area contributed by atoms with E-state index in [0.29, 0.717) is 31.7 Å². The quantitative estimate of drug-likeness (QED) is 0.389. The summed E-state index contributed by atoms with van der Waals surface area (Å²) in [5.74, 6) is 0. The number of alkyl halides is 2. The highest BCUT2D eigenvalue weighted by molar-refractivity contribution is 5.44. The highest BCUT2D eigenvalue weighted by atomic mass is 19.1. The van der Waals surface area contributed by atoms with Crippen LogP contribution >= 0.6 is 0 Å². The largest absolute Gasteiger partial charge is 0.297 e. The minimum absolute atomic E-state index is 0.429. The fourth-order valence-corrected chi connectivity index (χ4v) is 5.01. The van der Waals surface area contributed by atoms with Gasteiger partial charge in [-0.15, -0.1) is 0 Å². The molecule has 4 heteroatoms. The predicted octanol–water partition coefficient (Wildman–Crippen LogP) is 7.76. The first kappa shape index (κ1) is 25.4. The van der Waals surface area contributed by atoms with Gasteiger partial charge in [0, 0.05) is 19.5 Å². The number of hydrogen-bond donors (Lipinski definition) is 0. The van der Waals surface area contributed by atoms with Crippen LogP contribution in [0.25, 0.3) is 0 Å². The summed E-state index contributed by atoms with van der Waals surface area (Å²) in [6, 6.07) is 18.4. The van der Waals surface area contributed by atoms with Crippen molar-refractivity contribution >= 4 is 0 Å². The number of benzene rings is 2. The maximum Gasteiger partial charge on any atom is 0.136 e. The number of hydrogen-bond acceptors (Lipinski definition) is 2. The molecule has 0 N–H and O–H groups in total. The molecule has 2 aromatic carbocycles. The van der Waals surface area contributed by atoms with Crippen LogP contribution in [0.2, 0.25) is 0 Å². The van der Waals surface area contributed by atoms with Crippen LogP contribution in [0.1, 0.15) is 88.0 Å². The first-order valence-corrected chi connectivity index (χ1v) is 12.4. The third-order valence-electron chi connectivity index (χ3n) is 7.26. The molecule has 2 saturated carbocycles. The van der Waals surface area contributed by atoms with Gasteiger partial charge < -0.3 is 0 Å². The zero-order valence-electron chi connectivity index (χ0n) is 20.4. The molecule has 0 radical (unpaired) electrons. The van der Waals surface area contributed by atoms with Crippen molar-refractivity contribution in [1.29, 1.82) is 5.26 Å². The lowest BCUT2D eigenvalue weighted by atomic mass is 9.69. The molecule has 2 nitrogen and oxygen atoms in total. The van der Waals surface area contributed by atoms with Crippen molar-refractivity contribution < 1.29 is 8.78 Å². The molecule has 33 heavy (non-hydrogen) atoms. The third kappa shape index (κ3) is 6.01. The second-order valence-corrected chi connectivity index (χ2v) is 9.85. The summed E-state index contributed by atoms with van der Waals surface area (Å²) in [6.45, 7) is 7.71. The van der Waals surface area contributed by atoms with Crippen molar-refractivity contribution in [3.8, 4) is 6.07 Å². The second-order valence-electron chi connectivity index (χ2n) is 9.85. The van der Waals surface area contributed by atoms with E-state index >= 15 is 8.78 Å². The van der Waals surface area contributed by atoms with E-state index in [1.807, 2.05) is 24.3 Å². The van der Waals surface area contributed by atoms with E-state index in [9.17, 15) is 0 Å². The van der Waals surface area contributed by atoms with Crippen molar-refractivity contribution in [3.63, 3.8) is 0 Å². The van der Waals surface area contributed by atoms with Crippen LogP contribution in [0.15, 0.2) is 48.5 Å². The molecule has 2 aromatic rings. The zero-order chi connectivity index (χ0) is 23.9. The van der Waals surface area contributed by atoms with Crippen molar-refractivity contribution in [2.45, 2.75) is 96.1 Å². The number of halogens is 2. The van der Waals surface area contributed by atoms with Gasteiger partial charge in [-0.3, -0.25) is 4.90 Å². The Morgan fingerprint density at radius 3 is 1.85 bits per heavy atom. The average Bonchev–Trinajstić information content (AvgIpc) is 2.76. The molecule has 0 spiro atoms. The van der Waals surface area contributed by atoms with Crippen LogP contribution < -0.4 is 0 Å². The lowest BCUT2D eigenvalue weighted by molar-refractivity contribution is 0.0513. The molecule has 0 aromatic heterocycles. The van der Waals surface area contributed by atoms with E-state index in [1.54, 1.807) is 6.07 Å². The highest BCUT2D eigenvalue weighted by Crippen LogP contribution is 2.51. The molecule has 2 aliphatic carbocycles. The van der Waals surface area contributed by atoms with E-state index in [2.05, 4.69) is 43.0 Å². The van der Waals surface area contributed by atoms with Crippen molar-refractivity contribution in [2.75, 3.05) is 6.54 Å². The predicted molar refractivity (Wildman–Crippen MR) is 131 cm³/mol. The molecule has 178 valence electrons. The average molecular weight is 453 g/mol. The lowest BCUT2D eigenvalue weighted by Crippen LogP contribution is -2.35. The number of rotatable bonds is 9. The zero-order valence-corrected chi connectivity index (χ0v) is 20.4. The van der Waals surface area contributed by atoms with E-state index in [0.717, 1.165) is 55.5 Å². The molecule has 0 saturated heterocycles. The van der Waals surface area contributed by atoms with Crippen LogP contribution in [0.3, 0.4) is 0 Å². The molecule has 0 atom stereocenters. The molecule has 0 amide bonds. The molecule has 0 unspecified atom stereocenters. The summed E-state index contributed by atoms with van der Waals surface area (Å²) in [7, 11) is 0. The van der Waals surface area contributed by atoms with Crippen LogP contribution in [-0.4, -0.2) is 17.5 Å². The molecular weight excluding hydrogens is 414 g/mol. The first-order valence-electron chi connectivity index (χ1n) is 12.4. The Morgan fingerprint density at radius 2 is 1.42 bits per heavy atom. The minimum Gasteiger partial charge on any atom is -0.297 e. The Kier molecular flexibility index (Phi) is 8.65. The number of nitrogens with zero attached hydrogens (tertiary/aromatic N) is 2. The molecule has 0 bridgehead atoms. The Bertz CT molecular complexity index is 886. The second kappa shape index (κ2) is 11.3. The van der Waals surface area contributed by atoms with Gasteiger partial charge in [0.2, 0.25) is 0 Å². The monoisotopic (exact) mass is 452 g/mol. The smallest absolute Gasteiger partial charge is 0.136 e. The summed E-state index contributed by atoms with van der Waals surface area (Å²) < 4.78 is 30.9. The summed E-state index contributed by atoms with van der Waals surface area (Å²) in [5.41, 5.74) is 1.33. The Hall–Kier alpha value is -2.25. The van der Waals surface area contributed by atoms with Gasteiger partial charge in [0.1, 0.15) is 11.3 Å².